The van der Waals surface area contributed by atoms with Crippen molar-refractivity contribution in [3.63, 3.8) is 0 Å². The van der Waals surface area contributed by atoms with Crippen LogP contribution in [0.1, 0.15) is 16.7 Å². The number of aryl methyl sites for hydroxylation is 1. The summed E-state index contributed by atoms with van der Waals surface area (Å²) in [7, 11) is 0. The SMILES string of the molecule is Cc1ccc(CNCc2c(F)cccc2F)cc1. The van der Waals surface area contributed by atoms with Gasteiger partial charge in [0.15, 0.2) is 0 Å². The summed E-state index contributed by atoms with van der Waals surface area (Å²) in [5, 5.41) is 3.04. The molecule has 18 heavy (non-hydrogen) atoms. The van der Waals surface area contributed by atoms with Crippen LogP contribution in [-0.2, 0) is 13.1 Å². The minimum Gasteiger partial charge on any atom is -0.308 e. The smallest absolute Gasteiger partial charge is 0.130 e. The van der Waals surface area contributed by atoms with Crippen LogP contribution in [0.15, 0.2) is 42.5 Å². The van der Waals surface area contributed by atoms with E-state index in [4.69, 9.17) is 0 Å². The molecule has 0 aliphatic heterocycles. The maximum Gasteiger partial charge on any atom is 0.130 e. The van der Waals surface area contributed by atoms with Crippen LogP contribution in [0.25, 0.3) is 0 Å². The van der Waals surface area contributed by atoms with Crippen LogP contribution in [0, 0.1) is 18.6 Å². The summed E-state index contributed by atoms with van der Waals surface area (Å²) in [4.78, 5) is 0. The number of nitrogens with one attached hydrogen (secondary N) is 1. The van der Waals surface area contributed by atoms with Crippen molar-refractivity contribution in [3.05, 3.63) is 70.8 Å². The highest BCUT2D eigenvalue weighted by atomic mass is 19.1. The van der Waals surface area contributed by atoms with Crippen molar-refractivity contribution in [1.29, 1.82) is 0 Å². The Balaban J connectivity index is 1.94. The van der Waals surface area contributed by atoms with E-state index >= 15 is 0 Å². The highest BCUT2D eigenvalue weighted by Crippen LogP contribution is 2.12. The van der Waals surface area contributed by atoms with Crippen LogP contribution in [0.4, 0.5) is 8.78 Å². The second-order valence-corrected chi connectivity index (χ2v) is 4.29. The van der Waals surface area contributed by atoms with Gasteiger partial charge in [-0.1, -0.05) is 35.9 Å². The fourth-order valence-electron chi connectivity index (χ4n) is 1.74. The first-order valence-corrected chi connectivity index (χ1v) is 5.86. The van der Waals surface area contributed by atoms with Gasteiger partial charge in [-0.2, -0.15) is 0 Å². The zero-order valence-corrected chi connectivity index (χ0v) is 10.2. The Hall–Kier alpha value is -1.74. The van der Waals surface area contributed by atoms with Crippen LogP contribution >= 0.6 is 0 Å². The Labute approximate surface area is 105 Å². The molecule has 0 saturated carbocycles. The average Bonchev–Trinajstić information content (AvgIpc) is 2.35. The molecule has 0 fully saturated rings. The topological polar surface area (TPSA) is 12.0 Å². The largest absolute Gasteiger partial charge is 0.308 e. The molecule has 1 N–H and O–H groups in total. The average molecular weight is 247 g/mol. The molecule has 2 rings (SSSR count). The first kappa shape index (κ1) is 12.7. The molecule has 0 amide bonds. The predicted octanol–water partition coefficient (Wildman–Crippen LogP) is 3.56. The van der Waals surface area contributed by atoms with Crippen molar-refractivity contribution in [3.8, 4) is 0 Å². The summed E-state index contributed by atoms with van der Waals surface area (Å²) < 4.78 is 26.7. The van der Waals surface area contributed by atoms with E-state index in [2.05, 4.69) is 5.32 Å². The number of hydrogen-bond acceptors (Lipinski definition) is 1. The van der Waals surface area contributed by atoms with Crippen molar-refractivity contribution in [1.82, 2.24) is 5.32 Å². The van der Waals surface area contributed by atoms with Crippen molar-refractivity contribution >= 4 is 0 Å². The Morgan fingerprint density at radius 2 is 1.50 bits per heavy atom. The molecule has 0 aliphatic rings. The van der Waals surface area contributed by atoms with E-state index in [1.165, 1.54) is 23.8 Å². The second-order valence-electron chi connectivity index (χ2n) is 4.29. The van der Waals surface area contributed by atoms with Gasteiger partial charge in [0.2, 0.25) is 0 Å². The van der Waals surface area contributed by atoms with Crippen LogP contribution in [-0.4, -0.2) is 0 Å². The van der Waals surface area contributed by atoms with Gasteiger partial charge in [0.25, 0.3) is 0 Å². The minimum absolute atomic E-state index is 0.0876. The highest BCUT2D eigenvalue weighted by molar-refractivity contribution is 5.22. The summed E-state index contributed by atoms with van der Waals surface area (Å²) in [6.07, 6.45) is 0. The van der Waals surface area contributed by atoms with Gasteiger partial charge in [-0.25, -0.2) is 8.78 Å². The number of halogens is 2. The molecule has 0 radical (unpaired) electrons. The lowest BCUT2D eigenvalue weighted by Gasteiger charge is -2.07. The zero-order chi connectivity index (χ0) is 13.0. The van der Waals surface area contributed by atoms with Crippen molar-refractivity contribution < 1.29 is 8.78 Å². The summed E-state index contributed by atoms with van der Waals surface area (Å²) in [6.45, 7) is 2.80. The number of benzene rings is 2. The monoisotopic (exact) mass is 247 g/mol. The van der Waals surface area contributed by atoms with Crippen LogP contribution in [0.5, 0.6) is 0 Å². The van der Waals surface area contributed by atoms with Crippen molar-refractivity contribution in [2.75, 3.05) is 0 Å². The molecule has 0 unspecified atom stereocenters. The molecule has 0 spiro atoms. The van der Waals surface area contributed by atoms with E-state index in [0.29, 0.717) is 6.54 Å². The van der Waals surface area contributed by atoms with Gasteiger partial charge in [-0.3, -0.25) is 0 Å². The molecule has 0 saturated heterocycles. The number of hydrogen-bond donors (Lipinski definition) is 1. The molecule has 94 valence electrons. The molecular weight excluding hydrogens is 232 g/mol. The molecule has 1 nitrogen and oxygen atoms in total. The molecule has 0 atom stereocenters. The number of rotatable bonds is 4. The molecule has 2 aromatic carbocycles. The van der Waals surface area contributed by atoms with Gasteiger partial charge in [-0.05, 0) is 24.6 Å². The maximum atomic E-state index is 13.3. The highest BCUT2D eigenvalue weighted by Gasteiger charge is 2.07. The molecular formula is C15H15F2N. The normalized spacial score (nSPS) is 10.6. The van der Waals surface area contributed by atoms with E-state index in [0.717, 1.165) is 5.56 Å². The lowest BCUT2D eigenvalue weighted by Crippen LogP contribution is -2.15. The van der Waals surface area contributed by atoms with Crippen LogP contribution in [0.2, 0.25) is 0 Å². The summed E-state index contributed by atoms with van der Waals surface area (Å²) >= 11 is 0. The molecule has 2 aromatic rings. The fraction of sp³-hybridized carbons (Fsp3) is 0.200. The van der Waals surface area contributed by atoms with Gasteiger partial charge >= 0.3 is 0 Å². The van der Waals surface area contributed by atoms with E-state index in [1.807, 2.05) is 31.2 Å². The lowest BCUT2D eigenvalue weighted by atomic mass is 10.1. The summed E-state index contributed by atoms with van der Waals surface area (Å²) in [6, 6.07) is 11.9. The summed E-state index contributed by atoms with van der Waals surface area (Å²) in [5.74, 6) is -1.02. The van der Waals surface area contributed by atoms with Crippen molar-refractivity contribution in [2.24, 2.45) is 0 Å². The predicted molar refractivity (Wildman–Crippen MR) is 68.1 cm³/mol. The molecule has 0 bridgehead atoms. The van der Waals surface area contributed by atoms with Crippen LogP contribution in [0.3, 0.4) is 0 Å². The first-order valence-electron chi connectivity index (χ1n) is 5.86. The fourth-order valence-corrected chi connectivity index (χ4v) is 1.74. The lowest BCUT2D eigenvalue weighted by molar-refractivity contribution is 0.535. The van der Waals surface area contributed by atoms with Gasteiger partial charge in [0.05, 0.1) is 0 Å². The molecule has 3 heteroatoms. The van der Waals surface area contributed by atoms with E-state index in [1.54, 1.807) is 0 Å². The third kappa shape index (κ3) is 3.14. The standard InChI is InChI=1S/C15H15F2N/c1-11-5-7-12(8-6-11)9-18-10-13-14(16)3-2-4-15(13)17/h2-8,18H,9-10H2,1H3. The quantitative estimate of drug-likeness (QED) is 0.871. The summed E-state index contributed by atoms with van der Waals surface area (Å²) in [5.41, 5.74) is 2.38. The Morgan fingerprint density at radius 1 is 0.889 bits per heavy atom. The van der Waals surface area contributed by atoms with Gasteiger partial charge in [0, 0.05) is 18.7 Å². The Bertz CT molecular complexity index is 500. The van der Waals surface area contributed by atoms with Gasteiger partial charge < -0.3 is 5.32 Å². The maximum absolute atomic E-state index is 13.3. The van der Waals surface area contributed by atoms with E-state index in [9.17, 15) is 8.78 Å². The van der Waals surface area contributed by atoms with Crippen LogP contribution < -0.4 is 5.32 Å². The van der Waals surface area contributed by atoms with Crippen molar-refractivity contribution in [2.45, 2.75) is 20.0 Å². The van der Waals surface area contributed by atoms with E-state index in [-0.39, 0.29) is 12.1 Å². The molecule has 0 aromatic heterocycles. The van der Waals surface area contributed by atoms with E-state index < -0.39 is 11.6 Å². The first-order chi connectivity index (χ1) is 8.66. The molecule has 0 heterocycles. The van der Waals surface area contributed by atoms with Gasteiger partial charge in [-0.15, -0.1) is 0 Å². The Morgan fingerprint density at radius 3 is 2.11 bits per heavy atom. The molecule has 0 aliphatic carbocycles. The van der Waals surface area contributed by atoms with Gasteiger partial charge in [0.1, 0.15) is 11.6 Å². The minimum atomic E-state index is -0.508. The third-order valence-electron chi connectivity index (χ3n) is 2.81. The second kappa shape index (κ2) is 5.74. The Kier molecular flexibility index (Phi) is 4.05. The zero-order valence-electron chi connectivity index (χ0n) is 10.2. The third-order valence-corrected chi connectivity index (χ3v) is 2.81.